The second-order valence-electron chi connectivity index (χ2n) is 10.5. The molecule has 2 aliphatic rings. The van der Waals surface area contributed by atoms with E-state index >= 15 is 0 Å². The molecule has 0 aliphatic carbocycles. The first-order valence-corrected chi connectivity index (χ1v) is 15.2. The molecular formula is C32H36ClN3O4S. The summed E-state index contributed by atoms with van der Waals surface area (Å²) in [6.45, 7) is 8.73. The zero-order chi connectivity index (χ0) is 28.9. The van der Waals surface area contributed by atoms with Crippen LogP contribution in [0, 0.1) is 6.92 Å². The molecule has 3 aromatic rings. The van der Waals surface area contributed by atoms with Crippen molar-refractivity contribution in [2.24, 2.45) is 0 Å². The molecule has 2 heterocycles. The molecule has 3 aromatic carbocycles. The lowest BCUT2D eigenvalue weighted by molar-refractivity contribution is -0.152. The number of esters is 1. The molecular weight excluding hydrogens is 558 g/mol. The number of piperazine rings is 1. The highest BCUT2D eigenvalue weighted by Crippen LogP contribution is 2.47. The molecule has 0 aromatic heterocycles. The summed E-state index contributed by atoms with van der Waals surface area (Å²) < 4.78 is 11.0. The minimum atomic E-state index is -0.977. The summed E-state index contributed by atoms with van der Waals surface area (Å²) in [7, 11) is 1.61. The number of halogens is 1. The van der Waals surface area contributed by atoms with Gasteiger partial charge in [-0.25, -0.2) is 0 Å². The van der Waals surface area contributed by atoms with Crippen LogP contribution in [-0.2, 0) is 14.3 Å². The molecule has 0 radical (unpaired) electrons. The normalized spacial score (nSPS) is 19.5. The van der Waals surface area contributed by atoms with Crippen molar-refractivity contribution < 1.29 is 19.1 Å². The summed E-state index contributed by atoms with van der Waals surface area (Å²) >= 11 is 7.90. The lowest BCUT2D eigenvalue weighted by Gasteiger charge is -2.36. The van der Waals surface area contributed by atoms with Gasteiger partial charge in [-0.05, 0) is 67.9 Å². The van der Waals surface area contributed by atoms with Crippen molar-refractivity contribution >= 4 is 46.6 Å². The predicted molar refractivity (Wildman–Crippen MR) is 165 cm³/mol. The lowest BCUT2D eigenvalue weighted by atomic mass is 10.1. The van der Waals surface area contributed by atoms with Crippen molar-refractivity contribution in [3.8, 4) is 5.75 Å². The monoisotopic (exact) mass is 593 g/mol. The average molecular weight is 594 g/mol. The van der Waals surface area contributed by atoms with E-state index in [0.717, 1.165) is 55.3 Å². The largest absolute Gasteiger partial charge is 0.497 e. The summed E-state index contributed by atoms with van der Waals surface area (Å²) in [4.78, 5) is 33.8. The van der Waals surface area contributed by atoms with Gasteiger partial charge >= 0.3 is 5.97 Å². The van der Waals surface area contributed by atoms with Crippen LogP contribution in [0.4, 0.5) is 11.4 Å². The van der Waals surface area contributed by atoms with E-state index in [0.29, 0.717) is 17.3 Å². The second-order valence-corrected chi connectivity index (χ2v) is 12.1. The first-order valence-electron chi connectivity index (χ1n) is 13.9. The fourth-order valence-electron chi connectivity index (χ4n) is 5.40. The topological polar surface area (TPSA) is 62.3 Å². The molecule has 41 heavy (non-hydrogen) atoms. The van der Waals surface area contributed by atoms with Crippen molar-refractivity contribution in [1.29, 1.82) is 0 Å². The minimum absolute atomic E-state index is 0.223. The van der Waals surface area contributed by atoms with Crippen LogP contribution >= 0.6 is 23.4 Å². The maximum atomic E-state index is 14.1. The third-order valence-corrected chi connectivity index (χ3v) is 9.21. The van der Waals surface area contributed by atoms with Gasteiger partial charge in [-0.15, -0.1) is 11.8 Å². The molecule has 0 N–H and O–H groups in total. The van der Waals surface area contributed by atoms with Gasteiger partial charge in [0.05, 0.1) is 18.0 Å². The maximum absolute atomic E-state index is 14.1. The quantitative estimate of drug-likeness (QED) is 0.298. The number of nitrogens with zero attached hydrogens (tertiary/aromatic N) is 3. The number of ether oxygens (including phenoxy) is 2. The molecule has 2 atom stereocenters. The number of aryl methyl sites for hydroxylation is 1. The summed E-state index contributed by atoms with van der Waals surface area (Å²) in [5.74, 6) is 0.00383. The van der Waals surface area contributed by atoms with Crippen LogP contribution in [0.1, 0.15) is 29.7 Å². The van der Waals surface area contributed by atoms with Gasteiger partial charge in [-0.2, -0.15) is 0 Å². The standard InChI is InChI=1S/C32H36ClN3O4S/c1-22-5-10-26(11-6-22)35-19-17-34(18-20-35)15-4-16-36-28-14-9-25(33)21-29(28)41-31(30(32(36)38)40-23(2)37)24-7-12-27(39-3)13-8-24/h5-14,21,30-31H,4,15-20H2,1-3H3/t30-,31+/m0/s1. The Labute approximate surface area is 251 Å². The summed E-state index contributed by atoms with van der Waals surface area (Å²) in [5.41, 5.74) is 4.20. The van der Waals surface area contributed by atoms with Crippen LogP contribution in [-0.4, -0.2) is 69.3 Å². The number of amides is 1. The molecule has 1 amide bonds. The number of methoxy groups -OCH3 is 1. The Kier molecular flexibility index (Phi) is 9.42. The molecule has 0 spiro atoms. The lowest BCUT2D eigenvalue weighted by Crippen LogP contribution is -2.47. The van der Waals surface area contributed by atoms with Gasteiger partial charge in [0.25, 0.3) is 5.91 Å². The Hall–Kier alpha value is -3.20. The van der Waals surface area contributed by atoms with E-state index in [9.17, 15) is 9.59 Å². The zero-order valence-electron chi connectivity index (χ0n) is 23.7. The molecule has 1 saturated heterocycles. The van der Waals surface area contributed by atoms with Crippen LogP contribution in [0.25, 0.3) is 0 Å². The van der Waals surface area contributed by atoms with Crippen LogP contribution in [0.5, 0.6) is 5.75 Å². The molecule has 0 saturated carbocycles. The van der Waals surface area contributed by atoms with E-state index in [1.54, 1.807) is 18.1 Å². The van der Waals surface area contributed by atoms with Crippen LogP contribution in [0.3, 0.4) is 0 Å². The highest BCUT2D eigenvalue weighted by molar-refractivity contribution is 7.99. The summed E-state index contributed by atoms with van der Waals surface area (Å²) in [6.07, 6.45) is -0.182. The van der Waals surface area contributed by atoms with Crippen molar-refractivity contribution in [2.75, 3.05) is 56.2 Å². The van der Waals surface area contributed by atoms with Crippen molar-refractivity contribution in [1.82, 2.24) is 4.90 Å². The fraction of sp³-hybridized carbons (Fsp3) is 0.375. The molecule has 7 nitrogen and oxygen atoms in total. The zero-order valence-corrected chi connectivity index (χ0v) is 25.3. The van der Waals surface area contributed by atoms with Gasteiger partial charge in [-0.1, -0.05) is 41.4 Å². The summed E-state index contributed by atoms with van der Waals surface area (Å²) in [5, 5.41) is 0.156. The fourth-order valence-corrected chi connectivity index (χ4v) is 6.99. The SMILES string of the molecule is COc1ccc([C@H]2Sc3cc(Cl)ccc3N(CCCN3CCN(c4ccc(C)cc4)CC3)C(=O)[C@H]2OC(C)=O)cc1. The highest BCUT2D eigenvalue weighted by Gasteiger charge is 2.41. The van der Waals surface area contributed by atoms with Gasteiger partial charge in [0, 0.05) is 55.3 Å². The molecule has 5 rings (SSSR count). The van der Waals surface area contributed by atoms with Crippen LogP contribution in [0.15, 0.2) is 71.6 Å². The highest BCUT2D eigenvalue weighted by atomic mass is 35.5. The van der Waals surface area contributed by atoms with E-state index in [2.05, 4.69) is 41.0 Å². The third kappa shape index (κ3) is 7.00. The number of benzene rings is 3. The van der Waals surface area contributed by atoms with E-state index in [-0.39, 0.29) is 5.91 Å². The first kappa shape index (κ1) is 29.3. The number of hydrogen-bond acceptors (Lipinski definition) is 7. The predicted octanol–water partition coefficient (Wildman–Crippen LogP) is 5.98. The number of rotatable bonds is 8. The van der Waals surface area contributed by atoms with Crippen LogP contribution < -0.4 is 14.5 Å². The molecule has 0 unspecified atom stereocenters. The molecule has 1 fully saturated rings. The Balaban J connectivity index is 1.31. The molecule has 2 aliphatic heterocycles. The van der Waals surface area contributed by atoms with Gasteiger partial charge in [0.15, 0.2) is 6.10 Å². The molecule has 216 valence electrons. The molecule has 0 bridgehead atoms. The second kappa shape index (κ2) is 13.2. The van der Waals surface area contributed by atoms with E-state index in [1.165, 1.54) is 29.9 Å². The third-order valence-electron chi connectivity index (χ3n) is 7.62. The van der Waals surface area contributed by atoms with Gasteiger partial charge in [0.2, 0.25) is 0 Å². The van der Waals surface area contributed by atoms with Crippen molar-refractivity contribution in [2.45, 2.75) is 36.5 Å². The Morgan fingerprint density at radius 1 is 0.976 bits per heavy atom. The van der Waals surface area contributed by atoms with Crippen LogP contribution in [0.2, 0.25) is 5.02 Å². The maximum Gasteiger partial charge on any atom is 0.303 e. The number of carbonyl (C=O) groups excluding carboxylic acids is 2. The Morgan fingerprint density at radius 3 is 2.34 bits per heavy atom. The van der Waals surface area contributed by atoms with Gasteiger partial charge < -0.3 is 19.3 Å². The Morgan fingerprint density at radius 2 is 1.68 bits per heavy atom. The Bertz CT molecular complexity index is 1360. The van der Waals surface area contributed by atoms with E-state index in [4.69, 9.17) is 21.1 Å². The van der Waals surface area contributed by atoms with Crippen molar-refractivity contribution in [3.05, 3.63) is 82.9 Å². The number of anilines is 2. The average Bonchev–Trinajstić information content (AvgIpc) is 3.08. The number of hydrogen-bond donors (Lipinski definition) is 0. The van der Waals surface area contributed by atoms with Gasteiger partial charge in [0.1, 0.15) is 5.75 Å². The minimum Gasteiger partial charge on any atom is -0.497 e. The first-order chi connectivity index (χ1) is 19.8. The number of carbonyl (C=O) groups is 2. The number of fused-ring (bicyclic) bond motifs is 1. The number of thioether (sulfide) groups is 1. The van der Waals surface area contributed by atoms with Gasteiger partial charge in [-0.3, -0.25) is 14.5 Å². The van der Waals surface area contributed by atoms with E-state index < -0.39 is 17.3 Å². The van der Waals surface area contributed by atoms with Crippen molar-refractivity contribution in [3.63, 3.8) is 0 Å². The smallest absolute Gasteiger partial charge is 0.303 e. The van der Waals surface area contributed by atoms with E-state index in [1.807, 2.05) is 36.4 Å². The molecule has 9 heteroatoms. The summed E-state index contributed by atoms with van der Waals surface area (Å²) in [6, 6.07) is 21.8.